The van der Waals surface area contributed by atoms with Crippen molar-refractivity contribution < 1.29 is 14.4 Å². The lowest BCUT2D eigenvalue weighted by Crippen LogP contribution is -2.36. The molecule has 1 N–H and O–H groups in total. The average molecular weight is 515 g/mol. The number of carbonyl (C=O) groups is 3. The summed E-state index contributed by atoms with van der Waals surface area (Å²) in [5, 5.41) is 3.40. The van der Waals surface area contributed by atoms with Gasteiger partial charge in [-0.1, -0.05) is 47.1 Å². The largest absolute Gasteiger partial charge is 0.325 e. The summed E-state index contributed by atoms with van der Waals surface area (Å²) in [4.78, 5) is 40.6. The predicted octanol–water partition coefficient (Wildman–Crippen LogP) is 6.82. The minimum Gasteiger partial charge on any atom is -0.325 e. The summed E-state index contributed by atoms with van der Waals surface area (Å²) in [6, 6.07) is 21.8. The summed E-state index contributed by atoms with van der Waals surface area (Å²) in [5.74, 6) is -0.958. The van der Waals surface area contributed by atoms with Crippen molar-refractivity contribution in [1.29, 1.82) is 0 Å². The van der Waals surface area contributed by atoms with E-state index in [-0.39, 0.29) is 11.4 Å². The van der Waals surface area contributed by atoms with Crippen LogP contribution in [0.25, 0.3) is 6.08 Å². The van der Waals surface area contributed by atoms with Crippen molar-refractivity contribution >= 4 is 75.5 Å². The van der Waals surface area contributed by atoms with E-state index in [1.807, 2.05) is 48.5 Å². The minimum atomic E-state index is -0.490. The number of anilines is 1. The Morgan fingerprint density at radius 3 is 2.03 bits per heavy atom. The standard InChI is InChI=1S/C24H16Cl2N2O3S2/c25-16-3-7-18(8-4-16)27-22(29)14-28-23(30)21(33-24(28)31)13-15-1-9-19(10-2-15)32-20-11-5-17(26)6-12-20/h1-13H,14H2,(H,27,29)/b21-13-. The Kier molecular flexibility index (Phi) is 7.45. The molecule has 3 amide bonds. The number of benzene rings is 3. The molecule has 0 unspecified atom stereocenters. The van der Waals surface area contributed by atoms with E-state index < -0.39 is 17.1 Å². The van der Waals surface area contributed by atoms with Crippen LogP contribution in [-0.2, 0) is 9.59 Å². The van der Waals surface area contributed by atoms with Gasteiger partial charge in [0.25, 0.3) is 11.1 Å². The quantitative estimate of drug-likeness (QED) is 0.365. The third-order valence-electron chi connectivity index (χ3n) is 4.53. The number of imide groups is 1. The van der Waals surface area contributed by atoms with Crippen LogP contribution >= 0.6 is 46.7 Å². The normalized spacial score (nSPS) is 14.7. The number of nitrogens with one attached hydrogen (secondary N) is 1. The van der Waals surface area contributed by atoms with E-state index in [0.717, 1.165) is 32.0 Å². The highest BCUT2D eigenvalue weighted by Gasteiger charge is 2.36. The monoisotopic (exact) mass is 514 g/mol. The van der Waals surface area contributed by atoms with Crippen LogP contribution in [0.3, 0.4) is 0 Å². The molecule has 166 valence electrons. The molecule has 0 spiro atoms. The summed E-state index contributed by atoms with van der Waals surface area (Å²) in [5.41, 5.74) is 1.31. The number of amides is 3. The molecule has 3 aromatic rings. The zero-order valence-electron chi connectivity index (χ0n) is 17.0. The fraction of sp³-hybridized carbons (Fsp3) is 0.0417. The first-order valence-electron chi connectivity index (χ1n) is 9.72. The average Bonchev–Trinajstić information content (AvgIpc) is 3.05. The van der Waals surface area contributed by atoms with Gasteiger partial charge in [-0.3, -0.25) is 19.3 Å². The third-order valence-corrected chi connectivity index (χ3v) is 6.96. The number of hydrogen-bond acceptors (Lipinski definition) is 5. The Morgan fingerprint density at radius 1 is 0.879 bits per heavy atom. The Balaban J connectivity index is 1.39. The second kappa shape index (κ2) is 10.5. The number of nitrogens with zero attached hydrogens (tertiary/aromatic N) is 1. The third kappa shape index (κ3) is 6.21. The van der Waals surface area contributed by atoms with Crippen LogP contribution in [0.1, 0.15) is 5.56 Å². The van der Waals surface area contributed by atoms with Crippen LogP contribution in [0.2, 0.25) is 10.0 Å². The van der Waals surface area contributed by atoms with E-state index in [9.17, 15) is 14.4 Å². The van der Waals surface area contributed by atoms with E-state index in [4.69, 9.17) is 23.2 Å². The van der Waals surface area contributed by atoms with Crippen LogP contribution in [0.15, 0.2) is 87.5 Å². The highest BCUT2D eigenvalue weighted by molar-refractivity contribution is 8.18. The van der Waals surface area contributed by atoms with Gasteiger partial charge in [0.05, 0.1) is 4.91 Å². The molecule has 5 nitrogen and oxygen atoms in total. The Labute approximate surface area is 209 Å². The highest BCUT2D eigenvalue weighted by Crippen LogP contribution is 2.33. The lowest BCUT2D eigenvalue weighted by atomic mass is 10.2. The minimum absolute atomic E-state index is 0.275. The van der Waals surface area contributed by atoms with Gasteiger partial charge in [0.2, 0.25) is 5.91 Å². The lowest BCUT2D eigenvalue weighted by molar-refractivity contribution is -0.127. The Hall–Kier alpha value is -2.71. The molecule has 0 bridgehead atoms. The second-order valence-corrected chi connectivity index (χ2v) is 9.96. The van der Waals surface area contributed by atoms with E-state index in [2.05, 4.69) is 5.32 Å². The lowest BCUT2D eigenvalue weighted by Gasteiger charge is -2.12. The molecule has 1 aliphatic heterocycles. The zero-order valence-corrected chi connectivity index (χ0v) is 20.1. The first kappa shape index (κ1) is 23.4. The van der Waals surface area contributed by atoms with Crippen molar-refractivity contribution in [3.8, 4) is 0 Å². The van der Waals surface area contributed by atoms with Crippen LogP contribution in [0.5, 0.6) is 0 Å². The number of thioether (sulfide) groups is 1. The van der Waals surface area contributed by atoms with Gasteiger partial charge in [-0.05, 0) is 84.1 Å². The van der Waals surface area contributed by atoms with Crippen LogP contribution in [0, 0.1) is 0 Å². The number of halogens is 2. The maximum absolute atomic E-state index is 12.7. The molecular weight excluding hydrogens is 499 g/mol. The van der Waals surface area contributed by atoms with Crippen molar-refractivity contribution in [2.75, 3.05) is 11.9 Å². The second-order valence-electron chi connectivity index (χ2n) is 6.95. The molecule has 0 aromatic heterocycles. The molecule has 1 aliphatic rings. The topological polar surface area (TPSA) is 66.5 Å². The molecule has 0 saturated carbocycles. The number of carbonyl (C=O) groups excluding carboxylic acids is 3. The summed E-state index contributed by atoms with van der Waals surface area (Å²) in [7, 11) is 0. The van der Waals surface area contributed by atoms with Gasteiger partial charge in [-0.2, -0.15) is 0 Å². The summed E-state index contributed by atoms with van der Waals surface area (Å²) in [6.45, 7) is -0.360. The molecule has 1 fully saturated rings. The smallest absolute Gasteiger partial charge is 0.294 e. The molecule has 0 aliphatic carbocycles. The number of rotatable bonds is 6. The maximum atomic E-state index is 12.7. The molecular formula is C24H16Cl2N2O3S2. The van der Waals surface area contributed by atoms with Gasteiger partial charge in [-0.15, -0.1) is 0 Å². The first-order chi connectivity index (χ1) is 15.9. The van der Waals surface area contributed by atoms with E-state index in [1.165, 1.54) is 0 Å². The van der Waals surface area contributed by atoms with E-state index in [1.54, 1.807) is 42.1 Å². The van der Waals surface area contributed by atoms with Crippen LogP contribution < -0.4 is 5.32 Å². The van der Waals surface area contributed by atoms with Crippen molar-refractivity contribution in [2.45, 2.75) is 9.79 Å². The van der Waals surface area contributed by atoms with E-state index in [0.29, 0.717) is 15.7 Å². The summed E-state index contributed by atoms with van der Waals surface area (Å²) < 4.78 is 0. The molecule has 1 heterocycles. The zero-order chi connectivity index (χ0) is 23.4. The Morgan fingerprint density at radius 2 is 1.42 bits per heavy atom. The van der Waals surface area contributed by atoms with E-state index >= 15 is 0 Å². The van der Waals surface area contributed by atoms with Crippen molar-refractivity contribution in [2.24, 2.45) is 0 Å². The molecule has 0 atom stereocenters. The van der Waals surface area contributed by atoms with Crippen molar-refractivity contribution in [3.63, 3.8) is 0 Å². The van der Waals surface area contributed by atoms with Crippen LogP contribution in [0.4, 0.5) is 10.5 Å². The summed E-state index contributed by atoms with van der Waals surface area (Å²) in [6.07, 6.45) is 1.65. The molecule has 0 radical (unpaired) electrons. The van der Waals surface area contributed by atoms with Gasteiger partial charge in [0.1, 0.15) is 6.54 Å². The number of hydrogen-bond donors (Lipinski definition) is 1. The van der Waals surface area contributed by atoms with Crippen LogP contribution in [-0.4, -0.2) is 28.5 Å². The summed E-state index contributed by atoms with van der Waals surface area (Å²) >= 11 is 14.2. The fourth-order valence-electron chi connectivity index (χ4n) is 2.94. The predicted molar refractivity (Wildman–Crippen MR) is 135 cm³/mol. The van der Waals surface area contributed by atoms with Gasteiger partial charge < -0.3 is 5.32 Å². The van der Waals surface area contributed by atoms with Crippen molar-refractivity contribution in [3.05, 3.63) is 93.3 Å². The van der Waals surface area contributed by atoms with Gasteiger partial charge in [0, 0.05) is 25.5 Å². The molecule has 33 heavy (non-hydrogen) atoms. The van der Waals surface area contributed by atoms with Gasteiger partial charge in [-0.25, -0.2) is 0 Å². The molecule has 9 heteroatoms. The highest BCUT2D eigenvalue weighted by atomic mass is 35.5. The van der Waals surface area contributed by atoms with Crippen molar-refractivity contribution in [1.82, 2.24) is 4.90 Å². The fourth-order valence-corrected chi connectivity index (χ4v) is 4.84. The molecule has 3 aromatic carbocycles. The molecule has 4 rings (SSSR count). The SMILES string of the molecule is O=C(CN1C(=O)S/C(=C\c2ccc(Sc3ccc(Cl)cc3)cc2)C1=O)Nc1ccc(Cl)cc1. The maximum Gasteiger partial charge on any atom is 0.294 e. The van der Waals surface area contributed by atoms with Gasteiger partial charge >= 0.3 is 0 Å². The Bertz CT molecular complexity index is 1230. The van der Waals surface area contributed by atoms with Gasteiger partial charge in [0.15, 0.2) is 0 Å². The molecule has 1 saturated heterocycles. The first-order valence-corrected chi connectivity index (χ1v) is 12.1.